The molecule has 16 heavy (non-hydrogen) atoms. The second-order valence-corrected chi connectivity index (χ2v) is 4.01. The third-order valence-electron chi connectivity index (χ3n) is 2.65. The highest BCUT2D eigenvalue weighted by molar-refractivity contribution is 5.83. The van der Waals surface area contributed by atoms with Gasteiger partial charge in [-0.05, 0) is 25.3 Å². The lowest BCUT2D eigenvalue weighted by molar-refractivity contribution is -0.143. The van der Waals surface area contributed by atoms with Crippen LogP contribution in [0.4, 0.5) is 0 Å². The van der Waals surface area contributed by atoms with Gasteiger partial charge in [-0.1, -0.05) is 20.3 Å². The summed E-state index contributed by atoms with van der Waals surface area (Å²) >= 11 is 0. The summed E-state index contributed by atoms with van der Waals surface area (Å²) in [6.07, 6.45) is 2.56. The van der Waals surface area contributed by atoms with Crippen LogP contribution in [0.3, 0.4) is 0 Å². The molecule has 0 aliphatic rings. The topological polar surface area (TPSA) is 92.4 Å². The summed E-state index contributed by atoms with van der Waals surface area (Å²) in [5.74, 6) is -1.24. The molecule has 0 aromatic heterocycles. The van der Waals surface area contributed by atoms with E-state index in [0.717, 1.165) is 12.8 Å². The van der Waals surface area contributed by atoms with Gasteiger partial charge in [-0.2, -0.15) is 0 Å². The number of rotatable bonds is 8. The Morgan fingerprint density at radius 1 is 1.38 bits per heavy atom. The number of carboxylic acid groups (broad SMARTS) is 1. The van der Waals surface area contributed by atoms with Crippen LogP contribution in [0.2, 0.25) is 0 Å². The lowest BCUT2D eigenvalue weighted by Gasteiger charge is -2.20. The van der Waals surface area contributed by atoms with Crippen LogP contribution in [-0.4, -0.2) is 29.6 Å². The minimum absolute atomic E-state index is 0.0593. The first kappa shape index (κ1) is 14.9. The van der Waals surface area contributed by atoms with Gasteiger partial charge in [0.05, 0.1) is 0 Å². The summed E-state index contributed by atoms with van der Waals surface area (Å²) in [5, 5.41) is 11.5. The lowest BCUT2D eigenvalue weighted by Crippen LogP contribution is -2.44. The number of amides is 1. The molecule has 94 valence electrons. The Morgan fingerprint density at radius 3 is 2.44 bits per heavy atom. The van der Waals surface area contributed by atoms with Crippen molar-refractivity contribution in [3.8, 4) is 0 Å². The Labute approximate surface area is 96.4 Å². The van der Waals surface area contributed by atoms with E-state index in [1.165, 1.54) is 0 Å². The van der Waals surface area contributed by atoms with Crippen LogP contribution < -0.4 is 11.1 Å². The number of hydrogen-bond acceptors (Lipinski definition) is 3. The molecule has 0 aliphatic carbocycles. The number of nitrogens with two attached hydrogens (primary N) is 1. The molecule has 0 rings (SSSR count). The molecular weight excluding hydrogens is 208 g/mol. The Morgan fingerprint density at radius 2 is 2.00 bits per heavy atom. The molecule has 0 fully saturated rings. The number of nitrogens with one attached hydrogen (secondary N) is 1. The molecule has 0 saturated heterocycles. The van der Waals surface area contributed by atoms with E-state index < -0.39 is 12.0 Å². The zero-order chi connectivity index (χ0) is 12.6. The Kier molecular flexibility index (Phi) is 7.54. The number of unbranched alkanes of at least 4 members (excludes halogenated alkanes) is 1. The van der Waals surface area contributed by atoms with Gasteiger partial charge in [0.2, 0.25) is 5.91 Å². The van der Waals surface area contributed by atoms with E-state index in [0.29, 0.717) is 19.4 Å². The fraction of sp³-hybridized carbons (Fsp3) is 0.818. The third-order valence-corrected chi connectivity index (χ3v) is 2.65. The monoisotopic (exact) mass is 230 g/mol. The van der Waals surface area contributed by atoms with Crippen LogP contribution in [0.5, 0.6) is 0 Å². The molecule has 1 amide bonds. The Balaban J connectivity index is 4.09. The van der Waals surface area contributed by atoms with Crippen molar-refractivity contribution in [2.75, 3.05) is 6.54 Å². The van der Waals surface area contributed by atoms with E-state index in [4.69, 9.17) is 10.8 Å². The molecule has 2 unspecified atom stereocenters. The van der Waals surface area contributed by atoms with Crippen molar-refractivity contribution in [1.82, 2.24) is 5.32 Å². The van der Waals surface area contributed by atoms with Gasteiger partial charge in [-0.3, -0.25) is 4.79 Å². The molecule has 0 aliphatic heterocycles. The van der Waals surface area contributed by atoms with Crippen molar-refractivity contribution in [2.45, 2.75) is 45.6 Å². The predicted molar refractivity (Wildman–Crippen MR) is 61.9 cm³/mol. The molecule has 0 saturated carbocycles. The van der Waals surface area contributed by atoms with Gasteiger partial charge < -0.3 is 16.2 Å². The highest BCUT2D eigenvalue weighted by Crippen LogP contribution is 2.08. The van der Waals surface area contributed by atoms with E-state index in [9.17, 15) is 9.59 Å². The van der Waals surface area contributed by atoms with Crippen LogP contribution in [0, 0.1) is 5.92 Å². The summed E-state index contributed by atoms with van der Waals surface area (Å²) in [7, 11) is 0. The SMILES string of the molecule is CCC(C)C(NC(=O)CCCCN)C(=O)O. The quantitative estimate of drug-likeness (QED) is 0.536. The van der Waals surface area contributed by atoms with Crippen molar-refractivity contribution in [3.63, 3.8) is 0 Å². The summed E-state index contributed by atoms with van der Waals surface area (Å²) < 4.78 is 0. The molecule has 0 aromatic rings. The smallest absolute Gasteiger partial charge is 0.326 e. The van der Waals surface area contributed by atoms with Crippen LogP contribution in [0.15, 0.2) is 0 Å². The normalized spacial score (nSPS) is 14.2. The fourth-order valence-electron chi connectivity index (χ4n) is 1.36. The van der Waals surface area contributed by atoms with Crippen molar-refractivity contribution in [2.24, 2.45) is 11.7 Å². The summed E-state index contributed by atoms with van der Waals surface area (Å²) in [5.41, 5.74) is 5.31. The van der Waals surface area contributed by atoms with Gasteiger partial charge >= 0.3 is 5.97 Å². The van der Waals surface area contributed by atoms with E-state index >= 15 is 0 Å². The van der Waals surface area contributed by atoms with Crippen LogP contribution in [0.25, 0.3) is 0 Å². The summed E-state index contributed by atoms with van der Waals surface area (Å²) in [6.45, 7) is 4.28. The first-order chi connectivity index (χ1) is 7.52. The van der Waals surface area contributed by atoms with Gasteiger partial charge in [0, 0.05) is 6.42 Å². The maximum atomic E-state index is 11.4. The molecule has 0 radical (unpaired) electrons. The Hall–Kier alpha value is -1.10. The predicted octanol–water partition coefficient (Wildman–Crippen LogP) is 0.731. The first-order valence-electron chi connectivity index (χ1n) is 5.75. The molecular formula is C11H22N2O3. The van der Waals surface area contributed by atoms with Gasteiger partial charge in [0.15, 0.2) is 0 Å². The third kappa shape index (κ3) is 5.70. The average Bonchev–Trinajstić information content (AvgIpc) is 2.25. The number of carboxylic acids is 1. The Bertz CT molecular complexity index is 231. The van der Waals surface area contributed by atoms with Crippen molar-refractivity contribution >= 4 is 11.9 Å². The molecule has 0 aromatic carbocycles. The molecule has 0 spiro atoms. The second kappa shape index (κ2) is 8.10. The van der Waals surface area contributed by atoms with Gasteiger partial charge in [0.1, 0.15) is 6.04 Å². The number of aliphatic carboxylic acids is 1. The van der Waals surface area contributed by atoms with Crippen LogP contribution >= 0.6 is 0 Å². The molecule has 5 nitrogen and oxygen atoms in total. The molecule has 0 heterocycles. The van der Waals surface area contributed by atoms with E-state index in [2.05, 4.69) is 5.32 Å². The lowest BCUT2D eigenvalue weighted by atomic mass is 9.99. The maximum absolute atomic E-state index is 11.4. The molecule has 2 atom stereocenters. The first-order valence-corrected chi connectivity index (χ1v) is 5.75. The highest BCUT2D eigenvalue weighted by Gasteiger charge is 2.24. The zero-order valence-electron chi connectivity index (χ0n) is 10.0. The minimum Gasteiger partial charge on any atom is -0.480 e. The molecule has 0 bridgehead atoms. The van der Waals surface area contributed by atoms with E-state index in [1.807, 2.05) is 13.8 Å². The van der Waals surface area contributed by atoms with Gasteiger partial charge in [0.25, 0.3) is 0 Å². The fourth-order valence-corrected chi connectivity index (χ4v) is 1.36. The van der Waals surface area contributed by atoms with Crippen molar-refractivity contribution in [1.29, 1.82) is 0 Å². The molecule has 4 N–H and O–H groups in total. The zero-order valence-corrected chi connectivity index (χ0v) is 10.0. The number of carbonyl (C=O) groups is 2. The van der Waals surface area contributed by atoms with E-state index in [1.54, 1.807) is 0 Å². The van der Waals surface area contributed by atoms with Crippen LogP contribution in [0.1, 0.15) is 39.5 Å². The largest absolute Gasteiger partial charge is 0.480 e. The second-order valence-electron chi connectivity index (χ2n) is 4.01. The van der Waals surface area contributed by atoms with Crippen molar-refractivity contribution in [3.05, 3.63) is 0 Å². The summed E-state index contributed by atoms with van der Waals surface area (Å²) in [4.78, 5) is 22.4. The number of hydrogen-bond donors (Lipinski definition) is 3. The molecule has 5 heteroatoms. The highest BCUT2D eigenvalue weighted by atomic mass is 16.4. The average molecular weight is 230 g/mol. The number of carbonyl (C=O) groups excluding carboxylic acids is 1. The maximum Gasteiger partial charge on any atom is 0.326 e. The van der Waals surface area contributed by atoms with Crippen LogP contribution in [-0.2, 0) is 9.59 Å². The van der Waals surface area contributed by atoms with E-state index in [-0.39, 0.29) is 11.8 Å². The van der Waals surface area contributed by atoms with Gasteiger partial charge in [-0.15, -0.1) is 0 Å². The summed E-state index contributed by atoms with van der Waals surface area (Å²) in [6, 6.07) is -0.782. The van der Waals surface area contributed by atoms with Crippen molar-refractivity contribution < 1.29 is 14.7 Å². The standard InChI is InChI=1S/C11H22N2O3/c1-3-8(2)10(11(15)16)13-9(14)6-4-5-7-12/h8,10H,3-7,12H2,1-2H3,(H,13,14)(H,15,16). The van der Waals surface area contributed by atoms with Gasteiger partial charge in [-0.25, -0.2) is 4.79 Å². The minimum atomic E-state index is -0.971.